The van der Waals surface area contributed by atoms with Gasteiger partial charge in [-0.05, 0) is 42.0 Å². The summed E-state index contributed by atoms with van der Waals surface area (Å²) in [6.07, 6.45) is 16.4. The van der Waals surface area contributed by atoms with Gasteiger partial charge < -0.3 is 0 Å². The third kappa shape index (κ3) is 2.37. The van der Waals surface area contributed by atoms with Crippen LogP contribution in [0.5, 0.6) is 0 Å². The molecule has 1 aromatic heterocycles. The molecule has 3 heterocycles. The molecule has 0 amide bonds. The van der Waals surface area contributed by atoms with Gasteiger partial charge in [-0.1, -0.05) is 61.7 Å². The first-order valence-electron chi connectivity index (χ1n) is 10.6. The normalized spacial score (nSPS) is 21.1. The monoisotopic (exact) mass is 365 g/mol. The Hall–Kier alpha value is -2.87. The summed E-state index contributed by atoms with van der Waals surface area (Å²) >= 11 is 0. The van der Waals surface area contributed by atoms with E-state index in [0.717, 1.165) is 0 Å². The molecular weight excluding hydrogens is 340 g/mol. The van der Waals surface area contributed by atoms with Crippen molar-refractivity contribution in [1.82, 2.24) is 0 Å². The smallest absolute Gasteiger partial charge is 0.241 e. The van der Waals surface area contributed by atoms with Gasteiger partial charge in [-0.15, -0.1) is 0 Å². The Kier molecular flexibility index (Phi) is 3.65. The predicted molar refractivity (Wildman–Crippen MR) is 116 cm³/mol. The number of hydrogen-bond acceptors (Lipinski definition) is 1. The molecule has 28 heavy (non-hydrogen) atoms. The van der Waals surface area contributed by atoms with Gasteiger partial charge in [0.25, 0.3) is 0 Å². The van der Waals surface area contributed by atoms with Gasteiger partial charge in [0.05, 0.1) is 16.8 Å². The molecule has 1 fully saturated rings. The topological polar surface area (TPSA) is 7.12 Å². The molecule has 6 rings (SSSR count). The first-order chi connectivity index (χ1) is 13.9. The molecular formula is C26H25N2+. The summed E-state index contributed by atoms with van der Waals surface area (Å²) in [5.41, 5.74) is 5.35. The van der Waals surface area contributed by atoms with E-state index in [-0.39, 0.29) is 0 Å². The molecule has 0 N–H and O–H groups in total. The molecule has 1 atom stereocenters. The van der Waals surface area contributed by atoms with Crippen LogP contribution in [-0.4, -0.2) is 0 Å². The molecule has 0 saturated heterocycles. The van der Waals surface area contributed by atoms with Crippen molar-refractivity contribution in [3.05, 3.63) is 83.8 Å². The maximum Gasteiger partial charge on any atom is 0.241 e. The third-order valence-corrected chi connectivity index (χ3v) is 6.74. The zero-order chi connectivity index (χ0) is 18.5. The average molecular weight is 366 g/mol. The summed E-state index contributed by atoms with van der Waals surface area (Å²) in [5, 5.41) is 2.67. The first-order valence-corrected chi connectivity index (χ1v) is 10.6. The molecule has 3 aromatic rings. The van der Waals surface area contributed by atoms with Crippen LogP contribution in [0.2, 0.25) is 0 Å². The number of nitrogens with zero attached hydrogens (tertiary/aromatic N) is 2. The first kappa shape index (κ1) is 16.1. The second-order valence-electron chi connectivity index (χ2n) is 8.34. The lowest BCUT2D eigenvalue weighted by atomic mass is 9.84. The number of para-hydroxylation sites is 1. The van der Waals surface area contributed by atoms with Gasteiger partial charge in [0.1, 0.15) is 0 Å². The lowest BCUT2D eigenvalue weighted by molar-refractivity contribution is -0.731. The van der Waals surface area contributed by atoms with Gasteiger partial charge in [0.15, 0.2) is 6.20 Å². The molecule has 0 spiro atoms. The SMILES string of the molecule is C1=Cc2ccccc2N2C1=Cc1c3ccccc3cc[n+]1C2C1CCCCC1. The fourth-order valence-corrected chi connectivity index (χ4v) is 5.43. The van der Waals surface area contributed by atoms with Crippen LogP contribution in [0.1, 0.15) is 49.5 Å². The van der Waals surface area contributed by atoms with Crippen LogP contribution in [-0.2, 0) is 0 Å². The summed E-state index contributed by atoms with van der Waals surface area (Å²) in [6.45, 7) is 0. The minimum absolute atomic E-state index is 0.353. The quantitative estimate of drug-likeness (QED) is 0.473. The highest BCUT2D eigenvalue weighted by Gasteiger charge is 2.43. The van der Waals surface area contributed by atoms with Crippen molar-refractivity contribution in [2.45, 2.75) is 38.3 Å². The average Bonchev–Trinajstić information content (AvgIpc) is 2.78. The fraction of sp³-hybridized carbons (Fsp3) is 0.269. The molecule has 2 aromatic carbocycles. The van der Waals surface area contributed by atoms with Crippen LogP contribution in [0, 0.1) is 5.92 Å². The second kappa shape index (κ2) is 6.34. The van der Waals surface area contributed by atoms with Crippen molar-refractivity contribution in [2.75, 3.05) is 4.90 Å². The fourth-order valence-electron chi connectivity index (χ4n) is 5.43. The Morgan fingerprint density at radius 1 is 0.821 bits per heavy atom. The Bertz CT molecular complexity index is 1120. The molecule has 0 bridgehead atoms. The molecule has 1 saturated carbocycles. The summed E-state index contributed by atoms with van der Waals surface area (Å²) in [6, 6.07) is 19.9. The number of rotatable bonds is 1. The molecule has 2 heteroatoms. The van der Waals surface area contributed by atoms with E-state index in [1.54, 1.807) is 0 Å². The van der Waals surface area contributed by atoms with Crippen molar-refractivity contribution in [2.24, 2.45) is 5.92 Å². The van der Waals surface area contributed by atoms with Gasteiger partial charge in [0.2, 0.25) is 11.9 Å². The van der Waals surface area contributed by atoms with Crippen LogP contribution in [0.4, 0.5) is 5.69 Å². The molecule has 1 unspecified atom stereocenters. The number of pyridine rings is 1. The van der Waals surface area contributed by atoms with Crippen molar-refractivity contribution in [3.63, 3.8) is 0 Å². The van der Waals surface area contributed by atoms with Crippen LogP contribution in [0.3, 0.4) is 0 Å². The Balaban J connectivity index is 1.62. The van der Waals surface area contributed by atoms with Crippen molar-refractivity contribution >= 4 is 28.6 Å². The number of fused-ring (bicyclic) bond motifs is 6. The van der Waals surface area contributed by atoms with Gasteiger partial charge in [-0.2, -0.15) is 4.57 Å². The molecule has 0 radical (unpaired) electrons. The molecule has 138 valence electrons. The van der Waals surface area contributed by atoms with Crippen LogP contribution in [0.15, 0.2) is 72.6 Å². The Labute approximate surface area is 166 Å². The predicted octanol–water partition coefficient (Wildman–Crippen LogP) is 6.09. The lowest BCUT2D eigenvalue weighted by Crippen LogP contribution is -2.57. The van der Waals surface area contributed by atoms with Crippen LogP contribution >= 0.6 is 0 Å². The van der Waals surface area contributed by atoms with Crippen molar-refractivity contribution < 1.29 is 4.57 Å². The Morgan fingerprint density at radius 3 is 2.57 bits per heavy atom. The van der Waals surface area contributed by atoms with E-state index in [1.807, 2.05) is 0 Å². The summed E-state index contributed by atoms with van der Waals surface area (Å²) in [5.74, 6) is 0.682. The standard InChI is InChI=1S/C26H25N2/c1-2-10-21(11-3-1)26-27-17-16-19-8-4-6-12-23(19)25(27)18-22-15-14-20-9-5-7-13-24(20)28(22)26/h4-9,12-18,21,26H,1-3,10-11H2/q+1. The van der Waals surface area contributed by atoms with Gasteiger partial charge >= 0.3 is 0 Å². The minimum Gasteiger partial charge on any atom is -0.282 e. The molecule has 1 aliphatic carbocycles. The van der Waals surface area contributed by atoms with E-state index in [2.05, 4.69) is 88.5 Å². The highest BCUT2D eigenvalue weighted by Crippen LogP contribution is 2.43. The van der Waals surface area contributed by atoms with E-state index < -0.39 is 0 Å². The van der Waals surface area contributed by atoms with Gasteiger partial charge in [0, 0.05) is 18.1 Å². The van der Waals surface area contributed by atoms with Crippen LogP contribution < -0.4 is 9.47 Å². The van der Waals surface area contributed by atoms with E-state index in [9.17, 15) is 0 Å². The minimum atomic E-state index is 0.353. The number of aromatic nitrogens is 1. The zero-order valence-electron chi connectivity index (χ0n) is 16.1. The molecule has 2 nitrogen and oxygen atoms in total. The highest BCUT2D eigenvalue weighted by atomic mass is 15.3. The largest absolute Gasteiger partial charge is 0.282 e. The maximum absolute atomic E-state index is 2.60. The van der Waals surface area contributed by atoms with Crippen molar-refractivity contribution in [1.29, 1.82) is 0 Å². The van der Waals surface area contributed by atoms with Crippen molar-refractivity contribution in [3.8, 4) is 0 Å². The van der Waals surface area contributed by atoms with E-state index >= 15 is 0 Å². The summed E-state index contributed by atoms with van der Waals surface area (Å²) in [7, 11) is 0. The lowest BCUT2D eigenvalue weighted by Gasteiger charge is -2.41. The van der Waals surface area contributed by atoms with E-state index in [0.29, 0.717) is 12.1 Å². The molecule has 3 aliphatic rings. The second-order valence-corrected chi connectivity index (χ2v) is 8.34. The maximum atomic E-state index is 2.60. The highest BCUT2D eigenvalue weighted by molar-refractivity contribution is 5.90. The summed E-state index contributed by atoms with van der Waals surface area (Å²) < 4.78 is 2.55. The van der Waals surface area contributed by atoms with Crippen LogP contribution in [0.25, 0.3) is 22.9 Å². The number of allylic oxidation sites excluding steroid dienone is 1. The van der Waals surface area contributed by atoms with E-state index in [4.69, 9.17) is 0 Å². The van der Waals surface area contributed by atoms with Gasteiger partial charge in [-0.25, -0.2) is 0 Å². The number of anilines is 1. The number of benzene rings is 2. The van der Waals surface area contributed by atoms with E-state index in [1.165, 1.54) is 65.5 Å². The number of hydrogen-bond donors (Lipinski definition) is 0. The summed E-state index contributed by atoms with van der Waals surface area (Å²) in [4.78, 5) is 2.60. The molecule has 2 aliphatic heterocycles. The Morgan fingerprint density at radius 2 is 1.64 bits per heavy atom. The van der Waals surface area contributed by atoms with Gasteiger partial charge in [-0.3, -0.25) is 4.90 Å². The zero-order valence-corrected chi connectivity index (χ0v) is 16.1. The third-order valence-electron chi connectivity index (χ3n) is 6.74.